The van der Waals surface area contributed by atoms with Crippen LogP contribution < -0.4 is 0 Å². The molecule has 0 atom stereocenters. The van der Waals surface area contributed by atoms with E-state index in [1.165, 1.54) is 0 Å². The zero-order valence-corrected chi connectivity index (χ0v) is 42.1. The lowest BCUT2D eigenvalue weighted by molar-refractivity contribution is -0.869. The first-order chi connectivity index (χ1) is 32.1. The highest BCUT2D eigenvalue weighted by Crippen LogP contribution is 2.54. The molecule has 4 aromatic rings. The fourth-order valence-corrected chi connectivity index (χ4v) is 9.41. The minimum Gasteiger partial charge on any atom is -0.633 e. The van der Waals surface area contributed by atoms with E-state index in [0.717, 1.165) is 14.2 Å². The number of ether oxygens (including phenoxy) is 2. The number of aliphatic hydroxyl groups excluding tert-OH is 2. The van der Waals surface area contributed by atoms with Gasteiger partial charge in [-0.05, 0) is 77.6 Å². The quantitative estimate of drug-likeness (QED) is 0.0683. The summed E-state index contributed by atoms with van der Waals surface area (Å²) >= 11 is 0. The third-order valence-electron chi connectivity index (χ3n) is 13.7. The predicted octanol–water partition coefficient (Wildman–Crippen LogP) is 8.19. The number of quaternary nitrogens is 2. The van der Waals surface area contributed by atoms with Crippen molar-refractivity contribution in [1.29, 1.82) is 0 Å². The molecule has 16 nitrogen and oxygen atoms in total. The molecule has 1 aliphatic carbocycles. The highest BCUT2D eigenvalue weighted by molar-refractivity contribution is 5.67. The fraction of sp³-hybridized carbons (Fsp3) is 0.538. The first-order valence-corrected chi connectivity index (χ1v) is 23.4. The maximum Gasteiger partial charge on any atom is 0.126 e. The Kier molecular flexibility index (Phi) is 20.6. The molecule has 3 aliphatic rings. The van der Waals surface area contributed by atoms with Crippen LogP contribution in [0.2, 0.25) is 0 Å². The van der Waals surface area contributed by atoms with Crippen molar-refractivity contribution in [3.63, 3.8) is 0 Å². The number of phenols is 8. The van der Waals surface area contributed by atoms with E-state index in [2.05, 4.69) is 0 Å². The van der Waals surface area contributed by atoms with Crippen LogP contribution in [0.4, 0.5) is 0 Å². The maximum atomic E-state index is 11.5. The average molecular weight is 955 g/mol. The van der Waals surface area contributed by atoms with Crippen LogP contribution >= 0.6 is 0 Å². The monoisotopic (exact) mass is 955 g/mol. The van der Waals surface area contributed by atoms with E-state index in [9.17, 15) is 51.3 Å². The molecule has 8 bridgehead atoms. The first kappa shape index (κ1) is 57.3. The van der Waals surface area contributed by atoms with Crippen molar-refractivity contribution in [3.05, 3.63) is 101 Å². The van der Waals surface area contributed by atoms with Crippen LogP contribution in [0.3, 0.4) is 0 Å². The fourth-order valence-electron chi connectivity index (χ4n) is 9.41. The van der Waals surface area contributed by atoms with Crippen LogP contribution in [-0.4, -0.2) is 141 Å². The number of hydroxylamine groups is 6. The van der Waals surface area contributed by atoms with Gasteiger partial charge < -0.3 is 80.2 Å². The highest BCUT2D eigenvalue weighted by atomic mass is 16.6. The van der Waals surface area contributed by atoms with E-state index in [4.69, 9.17) is 19.7 Å². The molecule has 10 N–H and O–H groups in total. The van der Waals surface area contributed by atoms with Gasteiger partial charge in [0.2, 0.25) is 0 Å². The van der Waals surface area contributed by atoms with E-state index in [1.807, 2.05) is 27.7 Å². The standard InChI is InChI=1S/C40H48O8.2C5H11NO2.2CH4O/c1-9-21-25-13-27(35(43)17(5)33(25)41)22(10-2)29-15-31(39(47)19(7)37(29)45)24(12-4)32-16-30(38(46)20(8)40(32)48)23(11-3)28-14-26(21)34(42)18(6)36(28)44;2*1-6(7)2-4-8-5-3-6;2*1-2/h13-16,21-24,41-48H,9-12H2,1-8H3;2*2-5H2,1H3;2*2H,1H3. The lowest BCUT2D eigenvalue weighted by Crippen LogP contribution is -2.46. The molecule has 0 aromatic heterocycles. The lowest BCUT2D eigenvalue weighted by atomic mass is 9.76. The Morgan fingerprint density at radius 3 is 0.632 bits per heavy atom. The van der Waals surface area contributed by atoms with Crippen molar-refractivity contribution in [2.75, 3.05) is 80.9 Å². The molecule has 380 valence electrons. The van der Waals surface area contributed by atoms with Gasteiger partial charge in [-0.2, -0.15) is 0 Å². The van der Waals surface area contributed by atoms with E-state index in [0.29, 0.717) is 123 Å². The molecule has 0 unspecified atom stereocenters. The van der Waals surface area contributed by atoms with Gasteiger partial charge in [0.15, 0.2) is 0 Å². The highest BCUT2D eigenvalue weighted by Gasteiger charge is 2.34. The van der Waals surface area contributed by atoms with Gasteiger partial charge in [-0.1, -0.05) is 27.7 Å². The summed E-state index contributed by atoms with van der Waals surface area (Å²) in [5.41, 5.74) is 4.79. The zero-order chi connectivity index (χ0) is 51.6. The Balaban J connectivity index is 0.000000507. The number of likely N-dealkylation sites (N-methyl/N-ethyl adjacent to an activating group) is 2. The number of aromatic hydroxyl groups is 8. The SMILES string of the molecule is CCC1c2cc(c(O)c(C)c2O)C(CC)c2cc(c(O)c(C)c2O)C(CC)c2cc(c(O)c(C)c2O)C(CC)c2cc1c(O)c(C)c2O.CO.CO.C[N+]1([O-])CCOCC1.C[N+]1([O-])CCOCC1. The van der Waals surface area contributed by atoms with E-state index in [1.54, 1.807) is 66.1 Å². The molecule has 7 rings (SSSR count). The molecule has 68 heavy (non-hydrogen) atoms. The topological polar surface area (TPSA) is 267 Å². The molecule has 0 saturated carbocycles. The van der Waals surface area contributed by atoms with E-state index < -0.39 is 23.7 Å². The van der Waals surface area contributed by atoms with Gasteiger partial charge in [0.1, 0.15) is 72.2 Å². The summed E-state index contributed by atoms with van der Waals surface area (Å²) in [5.74, 6) is -3.21. The second kappa shape index (κ2) is 24.5. The van der Waals surface area contributed by atoms with Gasteiger partial charge in [0, 0.05) is 105 Å². The molecular weight excluding hydrogens is 877 g/mol. The molecule has 2 fully saturated rings. The summed E-state index contributed by atoms with van der Waals surface area (Å²) in [4.78, 5) is 0. The number of nitrogens with zero attached hydrogens (tertiary/aromatic N) is 2. The number of fused-ring (bicyclic) bond motifs is 8. The van der Waals surface area contributed by atoms with Crippen LogP contribution in [0.25, 0.3) is 0 Å². The predicted molar refractivity (Wildman–Crippen MR) is 263 cm³/mol. The number of hydrogen-bond acceptors (Lipinski definition) is 14. The van der Waals surface area contributed by atoms with Crippen molar-refractivity contribution in [2.24, 2.45) is 0 Å². The van der Waals surface area contributed by atoms with Crippen molar-refractivity contribution in [3.8, 4) is 46.0 Å². The minimum absolute atomic E-state index is 0.118. The summed E-state index contributed by atoms with van der Waals surface area (Å²) < 4.78 is 9.73. The summed E-state index contributed by atoms with van der Waals surface area (Å²) in [6.07, 6.45) is 1.78. The molecular formula is C52H78N2O14. The Bertz CT molecular complexity index is 1900. The second-order valence-electron chi connectivity index (χ2n) is 18.1. The Hall–Kier alpha value is -5.04. The molecule has 2 heterocycles. The van der Waals surface area contributed by atoms with Gasteiger partial charge in [-0.25, -0.2) is 0 Å². The molecule has 0 amide bonds. The number of aliphatic hydroxyl groups is 2. The first-order valence-electron chi connectivity index (χ1n) is 23.4. The van der Waals surface area contributed by atoms with Crippen LogP contribution in [0.5, 0.6) is 46.0 Å². The van der Waals surface area contributed by atoms with Gasteiger partial charge in [-0.15, -0.1) is 0 Å². The molecule has 4 aromatic carbocycles. The Labute approximate surface area is 401 Å². The summed E-state index contributed by atoms with van der Waals surface area (Å²) in [5, 5.41) is 128. The number of hydrogen-bond donors (Lipinski definition) is 10. The lowest BCUT2D eigenvalue weighted by Gasteiger charge is -2.41. The van der Waals surface area contributed by atoms with Crippen molar-refractivity contribution in [1.82, 2.24) is 0 Å². The molecule has 0 radical (unpaired) electrons. The summed E-state index contributed by atoms with van der Waals surface area (Å²) in [7, 11) is 5.37. The normalized spacial score (nSPS) is 20.1. The van der Waals surface area contributed by atoms with Crippen LogP contribution in [-0.2, 0) is 9.47 Å². The Morgan fingerprint density at radius 2 is 0.529 bits per heavy atom. The minimum atomic E-state index is -0.565. The molecule has 16 heteroatoms. The van der Waals surface area contributed by atoms with Crippen LogP contribution in [0.15, 0.2) is 24.3 Å². The zero-order valence-electron chi connectivity index (χ0n) is 42.1. The Morgan fingerprint density at radius 1 is 0.382 bits per heavy atom. The summed E-state index contributed by atoms with van der Waals surface area (Å²) in [6.45, 7) is 19.1. The molecule has 0 spiro atoms. The third-order valence-corrected chi connectivity index (χ3v) is 13.7. The summed E-state index contributed by atoms with van der Waals surface area (Å²) in [6, 6.07) is 6.92. The molecule has 2 saturated heterocycles. The second-order valence-corrected chi connectivity index (χ2v) is 18.1. The largest absolute Gasteiger partial charge is 0.633 e. The van der Waals surface area contributed by atoms with E-state index in [-0.39, 0.29) is 77.5 Å². The third kappa shape index (κ3) is 12.0. The van der Waals surface area contributed by atoms with Crippen molar-refractivity contribution >= 4 is 0 Å². The van der Waals surface area contributed by atoms with Gasteiger partial charge in [-0.3, -0.25) is 0 Å². The van der Waals surface area contributed by atoms with Crippen LogP contribution in [0.1, 0.15) is 144 Å². The van der Waals surface area contributed by atoms with Crippen molar-refractivity contribution < 1.29 is 69.8 Å². The van der Waals surface area contributed by atoms with Gasteiger partial charge in [0.05, 0.1) is 40.5 Å². The molecule has 2 aliphatic heterocycles. The average Bonchev–Trinajstić information content (AvgIpc) is 3.32. The smallest absolute Gasteiger partial charge is 0.126 e. The van der Waals surface area contributed by atoms with Gasteiger partial charge >= 0.3 is 0 Å². The number of rotatable bonds is 4. The van der Waals surface area contributed by atoms with Crippen molar-refractivity contribution in [2.45, 2.75) is 105 Å². The van der Waals surface area contributed by atoms with E-state index >= 15 is 0 Å². The number of phenolic OH excluding ortho intramolecular Hbond substituents is 8. The van der Waals surface area contributed by atoms with Gasteiger partial charge in [0.25, 0.3) is 0 Å². The number of benzene rings is 4. The van der Waals surface area contributed by atoms with Crippen LogP contribution in [0, 0.1) is 38.1 Å². The number of morpholine rings is 2. The maximum absolute atomic E-state index is 11.5.